The van der Waals surface area contributed by atoms with Crippen LogP contribution in [0.3, 0.4) is 0 Å². The number of likely N-dealkylation sites (N-methyl/N-ethyl adjacent to an activating group) is 1. The van der Waals surface area contributed by atoms with Crippen molar-refractivity contribution in [3.63, 3.8) is 0 Å². The fourth-order valence-electron chi connectivity index (χ4n) is 3.17. The smallest absolute Gasteiger partial charge is 0.226 e. The molecule has 0 N–H and O–H groups in total. The van der Waals surface area contributed by atoms with Gasteiger partial charge in [0.25, 0.3) is 0 Å². The third-order valence-electron chi connectivity index (χ3n) is 4.64. The lowest BCUT2D eigenvalue weighted by molar-refractivity contribution is -0.127. The number of amides is 1. The van der Waals surface area contributed by atoms with Crippen molar-refractivity contribution in [2.75, 3.05) is 20.8 Å². The molecule has 0 bridgehead atoms. The van der Waals surface area contributed by atoms with Crippen LogP contribution in [0.15, 0.2) is 30.3 Å². The number of alkyl halides is 1. The van der Waals surface area contributed by atoms with Gasteiger partial charge in [0.2, 0.25) is 5.91 Å². The molecule has 0 fully saturated rings. The Hall–Kier alpha value is -2.76. The number of hydrogen-bond donors (Lipinski definition) is 0. The number of benzene rings is 1. The second-order valence-electron chi connectivity index (χ2n) is 7.06. The van der Waals surface area contributed by atoms with Gasteiger partial charge in [-0.3, -0.25) is 9.18 Å². The van der Waals surface area contributed by atoms with Gasteiger partial charge in [-0.05, 0) is 38.3 Å². The highest BCUT2D eigenvalue weighted by Gasteiger charge is 2.20. The molecule has 2 heterocycles. The molecule has 1 aromatic carbocycles. The van der Waals surface area contributed by atoms with Crippen LogP contribution in [0, 0.1) is 13.8 Å². The van der Waals surface area contributed by atoms with E-state index in [-0.39, 0.29) is 19.0 Å². The van der Waals surface area contributed by atoms with Crippen LogP contribution in [0.25, 0.3) is 16.9 Å². The molecular weight excluding hydrogens is 343 g/mol. The van der Waals surface area contributed by atoms with Crippen LogP contribution in [0.4, 0.5) is 4.39 Å². The number of carbonyl (C=O) groups is 1. The van der Waals surface area contributed by atoms with Crippen LogP contribution in [-0.4, -0.2) is 46.2 Å². The maximum atomic E-state index is 12.4. The van der Waals surface area contributed by atoms with E-state index in [9.17, 15) is 9.18 Å². The molecule has 27 heavy (non-hydrogen) atoms. The second-order valence-corrected chi connectivity index (χ2v) is 7.06. The van der Waals surface area contributed by atoms with E-state index in [1.807, 2.05) is 44.2 Å². The molecule has 0 atom stereocenters. The van der Waals surface area contributed by atoms with Gasteiger partial charge in [0.15, 0.2) is 5.65 Å². The molecule has 0 aliphatic carbocycles. The quantitative estimate of drug-likeness (QED) is 0.669. The lowest BCUT2D eigenvalue weighted by Crippen LogP contribution is -2.23. The van der Waals surface area contributed by atoms with Crippen LogP contribution < -0.4 is 0 Å². The molecule has 2 aromatic heterocycles. The van der Waals surface area contributed by atoms with Gasteiger partial charge in [0.1, 0.15) is 0 Å². The zero-order chi connectivity index (χ0) is 19.6. The topological polar surface area (TPSA) is 50.5 Å². The summed E-state index contributed by atoms with van der Waals surface area (Å²) in [6.07, 6.45) is 1.48. The Balaban J connectivity index is 2.10. The first-order chi connectivity index (χ1) is 12.9. The Morgan fingerprint density at radius 1 is 1.19 bits per heavy atom. The first-order valence-corrected chi connectivity index (χ1v) is 9.12. The normalized spacial score (nSPS) is 11.1. The van der Waals surface area contributed by atoms with E-state index in [1.54, 1.807) is 23.5 Å². The Labute approximate surface area is 158 Å². The van der Waals surface area contributed by atoms with Gasteiger partial charge in [0.05, 0.1) is 18.8 Å². The van der Waals surface area contributed by atoms with E-state index in [1.165, 1.54) is 0 Å². The number of aryl methyl sites for hydroxylation is 3. The lowest BCUT2D eigenvalue weighted by atomic mass is 10.0. The monoisotopic (exact) mass is 368 g/mol. The molecule has 3 aromatic rings. The van der Waals surface area contributed by atoms with Crippen LogP contribution in [0.1, 0.15) is 28.9 Å². The summed E-state index contributed by atoms with van der Waals surface area (Å²) in [6, 6.07) is 9.94. The summed E-state index contributed by atoms with van der Waals surface area (Å²) in [7, 11) is 3.49. The minimum atomic E-state index is -0.310. The minimum Gasteiger partial charge on any atom is -0.349 e. The Kier molecular flexibility index (Phi) is 5.54. The summed E-state index contributed by atoms with van der Waals surface area (Å²) in [6.45, 7) is 3.61. The highest BCUT2D eigenvalue weighted by molar-refractivity contribution is 5.84. The molecule has 5 nitrogen and oxygen atoms in total. The molecule has 0 spiro atoms. The zero-order valence-electron chi connectivity index (χ0n) is 16.3. The van der Waals surface area contributed by atoms with Gasteiger partial charge in [-0.2, -0.15) is 5.10 Å². The average molecular weight is 368 g/mol. The van der Waals surface area contributed by atoms with Crippen molar-refractivity contribution >= 4 is 11.6 Å². The molecule has 0 radical (unpaired) electrons. The molecule has 3 rings (SSSR count). The van der Waals surface area contributed by atoms with Gasteiger partial charge in [0, 0.05) is 36.6 Å². The summed E-state index contributed by atoms with van der Waals surface area (Å²) in [5, 5.41) is 4.75. The molecule has 0 saturated carbocycles. The summed E-state index contributed by atoms with van der Waals surface area (Å²) in [5.41, 5.74) is 6.22. The number of halogens is 1. The number of nitrogens with zero attached hydrogens (tertiary/aromatic N) is 4. The van der Waals surface area contributed by atoms with Gasteiger partial charge in [-0.15, -0.1) is 0 Å². The van der Waals surface area contributed by atoms with Crippen molar-refractivity contribution in [3.8, 4) is 11.3 Å². The van der Waals surface area contributed by atoms with Crippen molar-refractivity contribution < 1.29 is 9.18 Å². The molecule has 0 unspecified atom stereocenters. The lowest BCUT2D eigenvalue weighted by Gasteiger charge is -2.10. The Bertz CT molecular complexity index is 960. The molecule has 0 aliphatic rings. The SMILES string of the molecule is Cc1cc(C)n2nc(-c3ccc(CCCF)cc3)c(CC(=O)N(C)C)c2n1. The van der Waals surface area contributed by atoms with Crippen LogP contribution in [-0.2, 0) is 17.6 Å². The van der Waals surface area contributed by atoms with E-state index in [4.69, 9.17) is 5.10 Å². The van der Waals surface area contributed by atoms with E-state index in [0.29, 0.717) is 12.8 Å². The molecule has 1 amide bonds. The molecule has 142 valence electrons. The zero-order valence-corrected chi connectivity index (χ0v) is 16.3. The number of rotatable bonds is 6. The van der Waals surface area contributed by atoms with Gasteiger partial charge in [-0.25, -0.2) is 9.50 Å². The second kappa shape index (κ2) is 7.86. The highest BCUT2D eigenvalue weighted by Crippen LogP contribution is 2.27. The molecule has 6 heteroatoms. The fraction of sp³-hybridized carbons (Fsp3) is 0.381. The minimum absolute atomic E-state index is 0.00618. The van der Waals surface area contributed by atoms with Crippen molar-refractivity contribution in [1.29, 1.82) is 0 Å². The standard InChI is InChI=1S/C21H25FN4O/c1-14-12-15(2)26-21(23-14)18(13-19(27)25(3)4)20(24-26)17-9-7-16(8-10-17)6-5-11-22/h7-10,12H,5-6,11,13H2,1-4H3. The van der Waals surface area contributed by atoms with Crippen molar-refractivity contribution in [1.82, 2.24) is 19.5 Å². The average Bonchev–Trinajstić information content (AvgIpc) is 2.99. The third kappa shape index (κ3) is 3.99. The third-order valence-corrected chi connectivity index (χ3v) is 4.64. The summed E-state index contributed by atoms with van der Waals surface area (Å²) < 4.78 is 14.2. The molecule has 0 saturated heterocycles. The predicted molar refractivity (Wildman–Crippen MR) is 105 cm³/mol. The molecule has 0 aliphatic heterocycles. The largest absolute Gasteiger partial charge is 0.349 e. The van der Waals surface area contributed by atoms with E-state index >= 15 is 0 Å². The summed E-state index contributed by atoms with van der Waals surface area (Å²) in [5.74, 6) is 0.00618. The van der Waals surface area contributed by atoms with Crippen LogP contribution in [0.5, 0.6) is 0 Å². The Morgan fingerprint density at radius 3 is 2.52 bits per heavy atom. The van der Waals surface area contributed by atoms with Gasteiger partial charge < -0.3 is 4.90 Å². The van der Waals surface area contributed by atoms with Gasteiger partial charge in [-0.1, -0.05) is 24.3 Å². The maximum Gasteiger partial charge on any atom is 0.226 e. The van der Waals surface area contributed by atoms with Crippen molar-refractivity contribution in [2.45, 2.75) is 33.1 Å². The van der Waals surface area contributed by atoms with Crippen molar-refractivity contribution in [3.05, 3.63) is 52.8 Å². The number of carbonyl (C=O) groups excluding carboxylic acids is 1. The first-order valence-electron chi connectivity index (χ1n) is 9.12. The van der Waals surface area contributed by atoms with Crippen molar-refractivity contribution in [2.24, 2.45) is 0 Å². The van der Waals surface area contributed by atoms with E-state index in [2.05, 4.69) is 4.98 Å². The highest BCUT2D eigenvalue weighted by atomic mass is 19.1. The van der Waals surface area contributed by atoms with E-state index < -0.39 is 0 Å². The summed E-state index contributed by atoms with van der Waals surface area (Å²) in [4.78, 5) is 18.6. The van der Waals surface area contributed by atoms with Crippen LogP contribution in [0.2, 0.25) is 0 Å². The van der Waals surface area contributed by atoms with Crippen LogP contribution >= 0.6 is 0 Å². The Morgan fingerprint density at radius 2 is 1.89 bits per heavy atom. The molecular formula is C21H25FN4O. The summed E-state index contributed by atoms with van der Waals surface area (Å²) >= 11 is 0. The first kappa shape index (κ1) is 19.0. The van der Waals surface area contributed by atoms with E-state index in [0.717, 1.165) is 39.4 Å². The number of aromatic nitrogens is 3. The fourth-order valence-corrected chi connectivity index (χ4v) is 3.17. The maximum absolute atomic E-state index is 12.4. The number of fused-ring (bicyclic) bond motifs is 1. The predicted octanol–water partition coefficient (Wildman–Crippen LogP) is 3.55. The number of hydrogen-bond acceptors (Lipinski definition) is 3. The van der Waals surface area contributed by atoms with Gasteiger partial charge >= 0.3 is 0 Å².